The van der Waals surface area contributed by atoms with Crippen LogP contribution in [0.4, 0.5) is 5.82 Å². The molecule has 0 saturated carbocycles. The lowest BCUT2D eigenvalue weighted by atomic mass is 10.2. The predicted molar refractivity (Wildman–Crippen MR) is 102 cm³/mol. The number of aryl methyl sites for hydroxylation is 1. The zero-order valence-electron chi connectivity index (χ0n) is 16.1. The highest BCUT2D eigenvalue weighted by atomic mass is 16.5. The molecule has 6 heteroatoms. The number of nitrogens with one attached hydrogen (secondary N) is 1. The van der Waals surface area contributed by atoms with Gasteiger partial charge >= 0.3 is 0 Å². The molecule has 0 aliphatic heterocycles. The molecule has 0 bridgehead atoms. The van der Waals surface area contributed by atoms with Crippen molar-refractivity contribution in [2.45, 2.75) is 46.7 Å². The van der Waals surface area contributed by atoms with Gasteiger partial charge in [-0.15, -0.1) is 0 Å². The third kappa shape index (κ3) is 5.13. The van der Waals surface area contributed by atoms with Crippen LogP contribution in [0, 0.1) is 6.92 Å². The van der Waals surface area contributed by atoms with Gasteiger partial charge in [-0.25, -0.2) is 15.0 Å². The molecule has 0 aromatic carbocycles. The number of ether oxygens (including phenoxy) is 1. The monoisotopic (exact) mass is 343 g/mol. The first-order valence-corrected chi connectivity index (χ1v) is 8.76. The van der Waals surface area contributed by atoms with E-state index in [1.54, 1.807) is 13.3 Å². The Hall–Kier alpha value is -2.21. The van der Waals surface area contributed by atoms with Gasteiger partial charge in [0.25, 0.3) is 0 Å². The number of nitrogens with zero attached hydrogens (tertiary/aromatic N) is 4. The molecule has 1 N–H and O–H groups in total. The second kappa shape index (κ2) is 8.76. The van der Waals surface area contributed by atoms with Crippen molar-refractivity contribution in [1.82, 2.24) is 19.9 Å². The molecule has 2 heterocycles. The van der Waals surface area contributed by atoms with Crippen LogP contribution < -0.4 is 10.1 Å². The van der Waals surface area contributed by atoms with Crippen LogP contribution in [-0.2, 0) is 0 Å². The third-order valence-electron chi connectivity index (χ3n) is 4.16. The quantitative estimate of drug-likeness (QED) is 0.793. The van der Waals surface area contributed by atoms with Crippen molar-refractivity contribution in [3.63, 3.8) is 0 Å². The fourth-order valence-corrected chi connectivity index (χ4v) is 2.81. The largest absolute Gasteiger partial charge is 0.481 e. The molecule has 0 radical (unpaired) electrons. The van der Waals surface area contributed by atoms with Gasteiger partial charge in [0.15, 0.2) is 5.82 Å². The summed E-state index contributed by atoms with van der Waals surface area (Å²) in [4.78, 5) is 15.8. The first kappa shape index (κ1) is 19.1. The van der Waals surface area contributed by atoms with Crippen molar-refractivity contribution in [3.8, 4) is 17.3 Å². The fraction of sp³-hybridized carbons (Fsp3) is 0.526. The van der Waals surface area contributed by atoms with Gasteiger partial charge in [0, 0.05) is 54.8 Å². The number of rotatable bonds is 8. The topological polar surface area (TPSA) is 63.2 Å². The standard InChI is InChI=1S/C19H29N5O/c1-13(2)24(14(3)4)10-9-20-18-15(5)11-22-19(23-18)16-7-8-17(25-6)21-12-16/h7-8,11-14H,9-10H2,1-6H3,(H,20,22,23). The lowest BCUT2D eigenvalue weighted by Gasteiger charge is -2.30. The Kier molecular flexibility index (Phi) is 6.70. The SMILES string of the molecule is COc1ccc(-c2ncc(C)c(NCCN(C(C)C)C(C)C)n2)cn1. The second-order valence-electron chi connectivity index (χ2n) is 6.67. The number of aromatic nitrogens is 3. The van der Waals surface area contributed by atoms with Crippen LogP contribution in [-0.4, -0.2) is 52.1 Å². The molecule has 0 aliphatic rings. The van der Waals surface area contributed by atoms with Gasteiger partial charge in [-0.3, -0.25) is 4.90 Å². The summed E-state index contributed by atoms with van der Waals surface area (Å²) < 4.78 is 5.09. The highest BCUT2D eigenvalue weighted by Crippen LogP contribution is 2.19. The number of hydrogen-bond acceptors (Lipinski definition) is 6. The van der Waals surface area contributed by atoms with E-state index in [1.807, 2.05) is 25.3 Å². The Labute approximate surface area is 150 Å². The van der Waals surface area contributed by atoms with Crippen molar-refractivity contribution < 1.29 is 4.74 Å². The maximum Gasteiger partial charge on any atom is 0.212 e. The minimum atomic E-state index is 0.522. The molecule has 2 rings (SSSR count). The van der Waals surface area contributed by atoms with E-state index < -0.39 is 0 Å². The molecule has 0 amide bonds. The zero-order valence-corrected chi connectivity index (χ0v) is 16.1. The summed E-state index contributed by atoms with van der Waals surface area (Å²) in [6, 6.07) is 4.78. The van der Waals surface area contributed by atoms with E-state index in [9.17, 15) is 0 Å². The molecule has 2 aromatic rings. The van der Waals surface area contributed by atoms with Crippen molar-refractivity contribution >= 4 is 5.82 Å². The van der Waals surface area contributed by atoms with Crippen molar-refractivity contribution in [2.24, 2.45) is 0 Å². The third-order valence-corrected chi connectivity index (χ3v) is 4.16. The first-order chi connectivity index (χ1) is 11.9. The molecule has 0 fully saturated rings. The van der Waals surface area contributed by atoms with Crippen LogP contribution in [0.5, 0.6) is 5.88 Å². The predicted octanol–water partition coefficient (Wildman–Crippen LogP) is 3.39. The molecule has 136 valence electrons. The molecular formula is C19H29N5O. The van der Waals surface area contributed by atoms with Crippen molar-refractivity contribution in [1.29, 1.82) is 0 Å². The Morgan fingerprint density at radius 2 is 1.80 bits per heavy atom. The summed E-state index contributed by atoms with van der Waals surface area (Å²) in [5.41, 5.74) is 1.90. The fourth-order valence-electron chi connectivity index (χ4n) is 2.81. The van der Waals surface area contributed by atoms with E-state index in [0.29, 0.717) is 23.8 Å². The van der Waals surface area contributed by atoms with E-state index >= 15 is 0 Å². The van der Waals surface area contributed by atoms with Gasteiger partial charge in [-0.1, -0.05) is 0 Å². The normalized spacial score (nSPS) is 11.4. The van der Waals surface area contributed by atoms with Gasteiger partial charge in [-0.2, -0.15) is 0 Å². The van der Waals surface area contributed by atoms with E-state index in [4.69, 9.17) is 4.74 Å². The van der Waals surface area contributed by atoms with Crippen molar-refractivity contribution in [2.75, 3.05) is 25.5 Å². The van der Waals surface area contributed by atoms with Crippen LogP contribution in [0.15, 0.2) is 24.5 Å². The molecule has 6 nitrogen and oxygen atoms in total. The molecular weight excluding hydrogens is 314 g/mol. The number of hydrogen-bond donors (Lipinski definition) is 1. The number of methoxy groups -OCH3 is 1. The highest BCUT2D eigenvalue weighted by molar-refractivity contribution is 5.57. The van der Waals surface area contributed by atoms with E-state index in [0.717, 1.165) is 30.0 Å². The van der Waals surface area contributed by atoms with Gasteiger partial charge in [-0.05, 0) is 40.7 Å². The van der Waals surface area contributed by atoms with Crippen LogP contribution in [0.25, 0.3) is 11.4 Å². The van der Waals surface area contributed by atoms with Crippen LogP contribution in [0.2, 0.25) is 0 Å². The molecule has 2 aromatic heterocycles. The summed E-state index contributed by atoms with van der Waals surface area (Å²) in [6.07, 6.45) is 3.57. The van der Waals surface area contributed by atoms with Crippen LogP contribution in [0.1, 0.15) is 33.3 Å². The Bertz CT molecular complexity index is 662. The molecule has 0 unspecified atom stereocenters. The van der Waals surface area contributed by atoms with Gasteiger partial charge in [0.1, 0.15) is 5.82 Å². The average molecular weight is 343 g/mol. The average Bonchev–Trinajstić information content (AvgIpc) is 2.59. The summed E-state index contributed by atoms with van der Waals surface area (Å²) in [7, 11) is 1.60. The lowest BCUT2D eigenvalue weighted by molar-refractivity contribution is 0.182. The molecule has 25 heavy (non-hydrogen) atoms. The second-order valence-corrected chi connectivity index (χ2v) is 6.67. The maximum absolute atomic E-state index is 5.09. The zero-order chi connectivity index (χ0) is 18.4. The lowest BCUT2D eigenvalue weighted by Crippen LogP contribution is -2.40. The van der Waals surface area contributed by atoms with Crippen molar-refractivity contribution in [3.05, 3.63) is 30.1 Å². The highest BCUT2D eigenvalue weighted by Gasteiger charge is 2.13. The molecule has 0 atom stereocenters. The molecule has 0 aliphatic carbocycles. The maximum atomic E-state index is 5.09. The minimum Gasteiger partial charge on any atom is -0.481 e. The van der Waals surface area contributed by atoms with Crippen LogP contribution in [0.3, 0.4) is 0 Å². The first-order valence-electron chi connectivity index (χ1n) is 8.76. The smallest absolute Gasteiger partial charge is 0.212 e. The summed E-state index contributed by atoms with van der Waals surface area (Å²) in [5.74, 6) is 2.11. The number of pyridine rings is 1. The van der Waals surface area contributed by atoms with Gasteiger partial charge < -0.3 is 10.1 Å². The molecule has 0 spiro atoms. The minimum absolute atomic E-state index is 0.522. The van der Waals surface area contributed by atoms with Gasteiger partial charge in [0.05, 0.1) is 7.11 Å². The van der Waals surface area contributed by atoms with Crippen LogP contribution >= 0.6 is 0 Å². The summed E-state index contributed by atoms with van der Waals surface area (Å²) in [5, 5.41) is 3.45. The summed E-state index contributed by atoms with van der Waals surface area (Å²) in [6.45, 7) is 12.7. The van der Waals surface area contributed by atoms with E-state index in [2.05, 4.69) is 52.9 Å². The Balaban J connectivity index is 2.08. The Morgan fingerprint density at radius 3 is 2.36 bits per heavy atom. The number of anilines is 1. The van der Waals surface area contributed by atoms with Gasteiger partial charge in [0.2, 0.25) is 5.88 Å². The molecule has 0 saturated heterocycles. The summed E-state index contributed by atoms with van der Waals surface area (Å²) >= 11 is 0. The van der Waals surface area contributed by atoms with E-state index in [1.165, 1.54) is 0 Å². The van der Waals surface area contributed by atoms with E-state index in [-0.39, 0.29) is 0 Å². The Morgan fingerprint density at radius 1 is 1.08 bits per heavy atom.